The summed E-state index contributed by atoms with van der Waals surface area (Å²) >= 11 is 0. The molecule has 5 heteroatoms. The molecule has 0 saturated carbocycles. The van der Waals surface area contributed by atoms with Crippen molar-refractivity contribution in [3.63, 3.8) is 0 Å². The number of phenols is 1. The zero-order valence-corrected chi connectivity index (χ0v) is 11.9. The third-order valence-corrected chi connectivity index (χ3v) is 2.71. The summed E-state index contributed by atoms with van der Waals surface area (Å²) in [6, 6.07) is 13.3. The maximum Gasteiger partial charge on any atom is 0.271 e. The third-order valence-electron chi connectivity index (χ3n) is 2.71. The Labute approximate surface area is 128 Å². The Balaban J connectivity index is 1.97. The highest BCUT2D eigenvalue weighted by molar-refractivity contribution is 5.95. The number of rotatable bonds is 6. The van der Waals surface area contributed by atoms with E-state index in [0.29, 0.717) is 17.9 Å². The number of ether oxygens (including phenoxy) is 1. The largest absolute Gasteiger partial charge is 0.508 e. The maximum absolute atomic E-state index is 11.8. The number of benzene rings is 2. The molecule has 0 aliphatic heterocycles. The molecule has 5 nitrogen and oxygen atoms in total. The number of hydrogen-bond donors (Lipinski definition) is 2. The smallest absolute Gasteiger partial charge is 0.271 e. The molecule has 2 rings (SSSR count). The molecule has 0 atom stereocenters. The highest BCUT2D eigenvalue weighted by Gasteiger charge is 2.04. The second-order valence-corrected chi connectivity index (χ2v) is 4.42. The normalized spacial score (nSPS) is 10.4. The van der Waals surface area contributed by atoms with E-state index in [-0.39, 0.29) is 5.75 Å². The molecule has 2 aromatic rings. The fourth-order valence-corrected chi connectivity index (χ4v) is 1.72. The molecule has 0 spiro atoms. The van der Waals surface area contributed by atoms with Gasteiger partial charge in [-0.2, -0.15) is 5.10 Å². The Hall–Kier alpha value is -3.08. The molecule has 2 N–H and O–H groups in total. The van der Waals surface area contributed by atoms with E-state index in [0.717, 1.165) is 5.56 Å². The lowest BCUT2D eigenvalue weighted by molar-refractivity contribution is 0.0954. The van der Waals surface area contributed by atoms with Crippen LogP contribution in [-0.2, 0) is 0 Å². The number of amides is 1. The van der Waals surface area contributed by atoms with E-state index < -0.39 is 5.91 Å². The van der Waals surface area contributed by atoms with Crippen molar-refractivity contribution in [2.45, 2.75) is 0 Å². The first-order valence-electron chi connectivity index (χ1n) is 6.65. The van der Waals surface area contributed by atoms with E-state index in [1.165, 1.54) is 18.3 Å². The van der Waals surface area contributed by atoms with Crippen molar-refractivity contribution >= 4 is 12.1 Å². The second-order valence-electron chi connectivity index (χ2n) is 4.42. The molecule has 0 saturated heterocycles. The third kappa shape index (κ3) is 4.49. The molecular weight excluding hydrogens is 280 g/mol. The van der Waals surface area contributed by atoms with Gasteiger partial charge >= 0.3 is 0 Å². The minimum Gasteiger partial charge on any atom is -0.508 e. The molecule has 22 heavy (non-hydrogen) atoms. The average molecular weight is 296 g/mol. The minimum atomic E-state index is -0.397. The monoisotopic (exact) mass is 296 g/mol. The number of aromatic hydroxyl groups is 1. The van der Waals surface area contributed by atoms with Gasteiger partial charge in [-0.1, -0.05) is 30.9 Å². The lowest BCUT2D eigenvalue weighted by Gasteiger charge is -2.03. The van der Waals surface area contributed by atoms with Crippen LogP contribution in [-0.4, -0.2) is 23.8 Å². The van der Waals surface area contributed by atoms with Crippen LogP contribution in [0.4, 0.5) is 0 Å². The first-order chi connectivity index (χ1) is 10.7. The quantitative estimate of drug-likeness (QED) is 0.489. The lowest BCUT2D eigenvalue weighted by atomic mass is 10.2. The topological polar surface area (TPSA) is 70.9 Å². The summed E-state index contributed by atoms with van der Waals surface area (Å²) in [5.41, 5.74) is 3.52. The SMILES string of the molecule is C=CCOc1cccc(/C=N\NC(=O)c2cccc(O)c2)c1. The van der Waals surface area contributed by atoms with E-state index in [9.17, 15) is 9.90 Å². The molecule has 112 valence electrons. The van der Waals surface area contributed by atoms with E-state index in [1.807, 2.05) is 18.2 Å². The second kappa shape index (κ2) is 7.64. The number of nitrogens with one attached hydrogen (secondary N) is 1. The predicted octanol–water partition coefficient (Wildman–Crippen LogP) is 2.72. The average Bonchev–Trinajstić information content (AvgIpc) is 2.53. The molecule has 2 aromatic carbocycles. The van der Waals surface area contributed by atoms with Crippen molar-refractivity contribution < 1.29 is 14.6 Å². The number of nitrogens with zero attached hydrogens (tertiary/aromatic N) is 1. The van der Waals surface area contributed by atoms with E-state index in [2.05, 4.69) is 17.1 Å². The van der Waals surface area contributed by atoms with Crippen molar-refractivity contribution in [3.05, 3.63) is 72.3 Å². The highest BCUT2D eigenvalue weighted by atomic mass is 16.5. The van der Waals surface area contributed by atoms with Crippen molar-refractivity contribution in [1.29, 1.82) is 0 Å². The summed E-state index contributed by atoms with van der Waals surface area (Å²) < 4.78 is 5.41. The van der Waals surface area contributed by atoms with Gasteiger partial charge in [-0.05, 0) is 35.9 Å². The number of hydrazone groups is 1. The van der Waals surface area contributed by atoms with Crippen molar-refractivity contribution in [2.75, 3.05) is 6.61 Å². The minimum absolute atomic E-state index is 0.0312. The first kappa shape index (κ1) is 15.3. The molecule has 1 amide bonds. The number of phenolic OH excluding ortho intramolecular Hbond substituents is 1. The van der Waals surface area contributed by atoms with Crippen LogP contribution >= 0.6 is 0 Å². The standard InChI is InChI=1S/C17H16N2O3/c1-2-9-22-16-8-3-5-13(10-16)12-18-19-17(21)14-6-4-7-15(20)11-14/h2-8,10-12,20H,1,9H2,(H,19,21)/b18-12-. The maximum atomic E-state index is 11.8. The van der Waals surface area contributed by atoms with Crippen LogP contribution in [0.15, 0.2) is 66.3 Å². The summed E-state index contributed by atoms with van der Waals surface area (Å²) in [6.07, 6.45) is 3.18. The van der Waals surface area contributed by atoms with Gasteiger partial charge in [0.2, 0.25) is 0 Å². The van der Waals surface area contributed by atoms with E-state index >= 15 is 0 Å². The Morgan fingerprint density at radius 3 is 2.86 bits per heavy atom. The summed E-state index contributed by atoms with van der Waals surface area (Å²) in [5.74, 6) is 0.332. The Kier molecular flexibility index (Phi) is 5.31. The Bertz CT molecular complexity index is 696. The lowest BCUT2D eigenvalue weighted by Crippen LogP contribution is -2.17. The van der Waals surface area contributed by atoms with Crippen LogP contribution in [0, 0.1) is 0 Å². The molecule has 0 aliphatic rings. The predicted molar refractivity (Wildman–Crippen MR) is 85.3 cm³/mol. The summed E-state index contributed by atoms with van der Waals surface area (Å²) in [4.78, 5) is 11.8. The first-order valence-corrected chi connectivity index (χ1v) is 6.65. The number of carbonyl (C=O) groups is 1. The molecule has 0 unspecified atom stereocenters. The fourth-order valence-electron chi connectivity index (χ4n) is 1.72. The van der Waals surface area contributed by atoms with Crippen molar-refractivity contribution in [1.82, 2.24) is 5.43 Å². The fraction of sp³-hybridized carbons (Fsp3) is 0.0588. The molecule has 0 aliphatic carbocycles. The summed E-state index contributed by atoms with van der Waals surface area (Å²) in [7, 11) is 0. The number of hydrogen-bond acceptors (Lipinski definition) is 4. The summed E-state index contributed by atoms with van der Waals surface area (Å²) in [6.45, 7) is 4.01. The van der Waals surface area contributed by atoms with Gasteiger partial charge < -0.3 is 9.84 Å². The number of carbonyl (C=O) groups excluding carboxylic acids is 1. The van der Waals surface area contributed by atoms with Gasteiger partial charge in [-0.25, -0.2) is 5.43 Å². The van der Waals surface area contributed by atoms with Gasteiger partial charge in [-0.3, -0.25) is 4.79 Å². The van der Waals surface area contributed by atoms with Crippen molar-refractivity contribution in [2.24, 2.45) is 5.10 Å². The Morgan fingerprint density at radius 2 is 2.09 bits per heavy atom. The zero-order valence-electron chi connectivity index (χ0n) is 11.9. The molecule has 0 heterocycles. The zero-order chi connectivity index (χ0) is 15.8. The molecule has 0 fully saturated rings. The molecular formula is C17H16N2O3. The molecule has 0 radical (unpaired) electrons. The van der Waals surface area contributed by atoms with Gasteiger partial charge in [0.1, 0.15) is 18.1 Å². The summed E-state index contributed by atoms with van der Waals surface area (Å²) in [5, 5.41) is 13.2. The highest BCUT2D eigenvalue weighted by Crippen LogP contribution is 2.12. The van der Waals surface area contributed by atoms with Gasteiger partial charge in [0.25, 0.3) is 5.91 Å². The molecule has 0 aromatic heterocycles. The Morgan fingerprint density at radius 1 is 1.27 bits per heavy atom. The van der Waals surface area contributed by atoms with Crippen molar-refractivity contribution in [3.8, 4) is 11.5 Å². The van der Waals surface area contributed by atoms with Gasteiger partial charge in [0.05, 0.1) is 6.21 Å². The van der Waals surface area contributed by atoms with Crippen LogP contribution in [0.5, 0.6) is 11.5 Å². The molecule has 0 bridgehead atoms. The van der Waals surface area contributed by atoms with Crippen LogP contribution in [0.3, 0.4) is 0 Å². The van der Waals surface area contributed by atoms with E-state index in [4.69, 9.17) is 4.74 Å². The van der Waals surface area contributed by atoms with E-state index in [1.54, 1.807) is 24.3 Å². The van der Waals surface area contributed by atoms with Crippen LogP contribution in [0.25, 0.3) is 0 Å². The van der Waals surface area contributed by atoms with Crippen LogP contribution in [0.2, 0.25) is 0 Å². The van der Waals surface area contributed by atoms with Crippen LogP contribution < -0.4 is 10.2 Å². The van der Waals surface area contributed by atoms with Gasteiger partial charge in [-0.15, -0.1) is 0 Å². The van der Waals surface area contributed by atoms with Gasteiger partial charge in [0.15, 0.2) is 0 Å². The van der Waals surface area contributed by atoms with Crippen LogP contribution in [0.1, 0.15) is 15.9 Å². The van der Waals surface area contributed by atoms with Gasteiger partial charge in [0, 0.05) is 5.56 Å².